The molecule has 0 aliphatic carbocycles. The Kier molecular flexibility index (Phi) is 3.35. The minimum Gasteiger partial charge on any atom is -0.316 e. The molecule has 1 fully saturated rings. The molecule has 94 valence electrons. The second-order valence-corrected chi connectivity index (χ2v) is 5.13. The molecular formula is C14H16ClN3. The molecule has 1 aliphatic heterocycles. The SMILES string of the molecule is Clc1ccccc1-c1cn[nH]c1C1CCCNC1. The van der Waals surface area contributed by atoms with Gasteiger partial charge in [-0.3, -0.25) is 5.10 Å². The van der Waals surface area contributed by atoms with Crippen LogP contribution in [0.1, 0.15) is 24.5 Å². The molecule has 1 aliphatic rings. The van der Waals surface area contributed by atoms with Crippen LogP contribution in [-0.4, -0.2) is 23.3 Å². The van der Waals surface area contributed by atoms with E-state index in [9.17, 15) is 0 Å². The van der Waals surface area contributed by atoms with Crippen molar-refractivity contribution < 1.29 is 0 Å². The van der Waals surface area contributed by atoms with Crippen molar-refractivity contribution in [3.05, 3.63) is 41.2 Å². The van der Waals surface area contributed by atoms with Gasteiger partial charge in [0.05, 0.1) is 6.20 Å². The number of rotatable bonds is 2. The van der Waals surface area contributed by atoms with Gasteiger partial charge in [0.25, 0.3) is 0 Å². The first-order valence-electron chi connectivity index (χ1n) is 6.35. The second-order valence-electron chi connectivity index (χ2n) is 4.72. The first-order valence-corrected chi connectivity index (χ1v) is 6.73. The second kappa shape index (κ2) is 5.12. The van der Waals surface area contributed by atoms with Crippen LogP contribution >= 0.6 is 11.6 Å². The number of benzene rings is 1. The summed E-state index contributed by atoms with van der Waals surface area (Å²) in [6.07, 6.45) is 4.30. The van der Waals surface area contributed by atoms with Crippen molar-refractivity contribution in [2.24, 2.45) is 0 Å². The number of nitrogens with zero attached hydrogens (tertiary/aromatic N) is 1. The highest BCUT2D eigenvalue weighted by molar-refractivity contribution is 6.33. The smallest absolute Gasteiger partial charge is 0.0569 e. The van der Waals surface area contributed by atoms with Crippen molar-refractivity contribution in [1.82, 2.24) is 15.5 Å². The van der Waals surface area contributed by atoms with E-state index in [0.29, 0.717) is 5.92 Å². The fourth-order valence-corrected chi connectivity index (χ4v) is 2.84. The van der Waals surface area contributed by atoms with Gasteiger partial charge in [-0.05, 0) is 25.5 Å². The standard InChI is InChI=1S/C14H16ClN3/c15-13-6-2-1-5-11(13)12-9-17-18-14(12)10-4-3-7-16-8-10/h1-2,5-6,9-10,16H,3-4,7-8H2,(H,17,18). The first kappa shape index (κ1) is 11.8. The Balaban J connectivity index is 1.98. The number of piperidine rings is 1. The minimum atomic E-state index is 0.507. The van der Waals surface area contributed by atoms with Gasteiger partial charge in [0, 0.05) is 34.3 Å². The molecule has 0 spiro atoms. The van der Waals surface area contributed by atoms with Crippen LogP contribution in [0.4, 0.5) is 0 Å². The molecule has 2 aromatic rings. The monoisotopic (exact) mass is 261 g/mol. The van der Waals surface area contributed by atoms with E-state index in [1.54, 1.807) is 0 Å². The van der Waals surface area contributed by atoms with Gasteiger partial charge in [-0.25, -0.2) is 0 Å². The fraction of sp³-hybridized carbons (Fsp3) is 0.357. The highest BCUT2D eigenvalue weighted by atomic mass is 35.5. The minimum absolute atomic E-state index is 0.507. The van der Waals surface area contributed by atoms with Gasteiger partial charge in [0.15, 0.2) is 0 Å². The number of hydrogen-bond donors (Lipinski definition) is 2. The first-order chi connectivity index (χ1) is 8.86. The van der Waals surface area contributed by atoms with Crippen LogP contribution in [-0.2, 0) is 0 Å². The number of aromatic amines is 1. The molecule has 2 heterocycles. The van der Waals surface area contributed by atoms with Crippen LogP contribution in [0.25, 0.3) is 11.1 Å². The molecular weight excluding hydrogens is 246 g/mol. The van der Waals surface area contributed by atoms with Crippen molar-refractivity contribution in [3.63, 3.8) is 0 Å². The zero-order valence-electron chi connectivity index (χ0n) is 10.1. The molecule has 1 atom stereocenters. The third-order valence-electron chi connectivity index (χ3n) is 3.54. The van der Waals surface area contributed by atoms with Crippen LogP contribution in [0.5, 0.6) is 0 Å². The van der Waals surface area contributed by atoms with E-state index in [0.717, 1.165) is 29.2 Å². The summed E-state index contributed by atoms with van der Waals surface area (Å²) in [6.45, 7) is 2.13. The quantitative estimate of drug-likeness (QED) is 0.872. The van der Waals surface area contributed by atoms with Crippen LogP contribution < -0.4 is 5.32 Å². The zero-order valence-corrected chi connectivity index (χ0v) is 10.9. The third-order valence-corrected chi connectivity index (χ3v) is 3.87. The Morgan fingerprint density at radius 3 is 2.89 bits per heavy atom. The lowest BCUT2D eigenvalue weighted by molar-refractivity contribution is 0.455. The summed E-state index contributed by atoms with van der Waals surface area (Å²) >= 11 is 6.27. The summed E-state index contributed by atoms with van der Waals surface area (Å²) in [7, 11) is 0. The van der Waals surface area contributed by atoms with Crippen molar-refractivity contribution in [2.75, 3.05) is 13.1 Å². The average molecular weight is 262 g/mol. The van der Waals surface area contributed by atoms with E-state index in [-0.39, 0.29) is 0 Å². The molecule has 3 rings (SSSR count). The summed E-state index contributed by atoms with van der Waals surface area (Å²) in [5.41, 5.74) is 3.40. The van der Waals surface area contributed by atoms with Gasteiger partial charge in [-0.15, -0.1) is 0 Å². The molecule has 0 radical (unpaired) electrons. The maximum absolute atomic E-state index is 6.27. The van der Waals surface area contributed by atoms with Crippen molar-refractivity contribution in [2.45, 2.75) is 18.8 Å². The molecule has 18 heavy (non-hydrogen) atoms. The Morgan fingerprint density at radius 1 is 1.22 bits per heavy atom. The van der Waals surface area contributed by atoms with Gasteiger partial charge in [-0.1, -0.05) is 29.8 Å². The Morgan fingerprint density at radius 2 is 2.11 bits per heavy atom. The summed E-state index contributed by atoms with van der Waals surface area (Å²) in [4.78, 5) is 0. The summed E-state index contributed by atoms with van der Waals surface area (Å²) < 4.78 is 0. The Bertz CT molecular complexity index is 529. The average Bonchev–Trinajstić information content (AvgIpc) is 2.89. The molecule has 0 amide bonds. The van der Waals surface area contributed by atoms with Crippen molar-refractivity contribution in [3.8, 4) is 11.1 Å². The van der Waals surface area contributed by atoms with Gasteiger partial charge in [0.2, 0.25) is 0 Å². The fourth-order valence-electron chi connectivity index (χ4n) is 2.60. The van der Waals surface area contributed by atoms with Gasteiger partial charge in [-0.2, -0.15) is 5.10 Å². The Labute approximate surface area is 112 Å². The van der Waals surface area contributed by atoms with E-state index in [1.807, 2.05) is 30.5 Å². The maximum Gasteiger partial charge on any atom is 0.0569 e. The molecule has 1 saturated heterocycles. The van der Waals surface area contributed by atoms with E-state index < -0.39 is 0 Å². The van der Waals surface area contributed by atoms with Crippen molar-refractivity contribution in [1.29, 1.82) is 0 Å². The van der Waals surface area contributed by atoms with Crippen LogP contribution in [0, 0.1) is 0 Å². The molecule has 3 nitrogen and oxygen atoms in total. The highest BCUT2D eigenvalue weighted by Gasteiger charge is 2.21. The lowest BCUT2D eigenvalue weighted by Gasteiger charge is -2.22. The predicted molar refractivity (Wildman–Crippen MR) is 73.9 cm³/mol. The van der Waals surface area contributed by atoms with E-state index in [2.05, 4.69) is 15.5 Å². The van der Waals surface area contributed by atoms with E-state index in [4.69, 9.17) is 11.6 Å². The maximum atomic E-state index is 6.27. The molecule has 4 heteroatoms. The molecule has 1 aromatic heterocycles. The van der Waals surface area contributed by atoms with Crippen LogP contribution in [0.2, 0.25) is 5.02 Å². The lowest BCUT2D eigenvalue weighted by Crippen LogP contribution is -2.28. The van der Waals surface area contributed by atoms with Gasteiger partial charge in [0.1, 0.15) is 0 Å². The Hall–Kier alpha value is -1.32. The van der Waals surface area contributed by atoms with E-state index in [1.165, 1.54) is 18.5 Å². The molecule has 1 aromatic carbocycles. The molecule has 0 saturated carbocycles. The van der Waals surface area contributed by atoms with E-state index >= 15 is 0 Å². The number of H-pyrrole nitrogens is 1. The van der Waals surface area contributed by atoms with Crippen molar-refractivity contribution >= 4 is 11.6 Å². The van der Waals surface area contributed by atoms with Gasteiger partial charge < -0.3 is 5.32 Å². The normalized spacial score (nSPS) is 19.9. The summed E-state index contributed by atoms with van der Waals surface area (Å²) in [6, 6.07) is 7.94. The largest absolute Gasteiger partial charge is 0.316 e. The number of hydrogen-bond acceptors (Lipinski definition) is 2. The summed E-state index contributed by atoms with van der Waals surface area (Å²) in [5, 5.41) is 11.6. The number of aromatic nitrogens is 2. The highest BCUT2D eigenvalue weighted by Crippen LogP contribution is 2.34. The topological polar surface area (TPSA) is 40.7 Å². The van der Waals surface area contributed by atoms with Crippen LogP contribution in [0.15, 0.2) is 30.5 Å². The third kappa shape index (κ3) is 2.16. The molecule has 1 unspecified atom stereocenters. The lowest BCUT2D eigenvalue weighted by atomic mass is 9.91. The molecule has 2 N–H and O–H groups in total. The van der Waals surface area contributed by atoms with Gasteiger partial charge >= 0.3 is 0 Å². The number of nitrogens with one attached hydrogen (secondary N) is 2. The summed E-state index contributed by atoms with van der Waals surface area (Å²) in [5.74, 6) is 0.507. The molecule has 0 bridgehead atoms. The van der Waals surface area contributed by atoms with Crippen LogP contribution in [0.3, 0.4) is 0 Å². The number of halogens is 1. The predicted octanol–water partition coefficient (Wildman–Crippen LogP) is 3.20. The zero-order chi connectivity index (χ0) is 12.4.